The SMILES string of the molecule is c1ccc(N(c2ccc(-c3ccccc3-c3cccc4ccccc34)cc2)c2c3c(cc4ccccc24)C(c2ccccc2)(c2ccccc2)c2ccccc2-3)cc1. The number of anilines is 3. The lowest BCUT2D eigenvalue weighted by Gasteiger charge is -2.35. The van der Waals surface area contributed by atoms with Gasteiger partial charge in [0, 0.05) is 22.3 Å². The fourth-order valence-corrected chi connectivity index (χ4v) is 9.67. The fraction of sp³-hybridized carbons (Fsp3) is 0.0175. The summed E-state index contributed by atoms with van der Waals surface area (Å²) in [5.41, 5.74) is 15.4. The number of nitrogens with zero attached hydrogens (tertiary/aromatic N) is 1. The number of fused-ring (bicyclic) bond motifs is 5. The second-order valence-electron chi connectivity index (χ2n) is 15.2. The molecule has 0 atom stereocenters. The average molecular weight is 738 g/mol. The summed E-state index contributed by atoms with van der Waals surface area (Å²) in [5.74, 6) is 0. The Morgan fingerprint density at radius 3 is 1.52 bits per heavy atom. The van der Waals surface area contributed by atoms with Gasteiger partial charge in [-0.1, -0.05) is 206 Å². The number of para-hydroxylation sites is 1. The van der Waals surface area contributed by atoms with Crippen molar-refractivity contribution in [3.63, 3.8) is 0 Å². The summed E-state index contributed by atoms with van der Waals surface area (Å²) < 4.78 is 0. The van der Waals surface area contributed by atoms with Crippen LogP contribution < -0.4 is 4.90 Å². The van der Waals surface area contributed by atoms with Crippen molar-refractivity contribution in [2.75, 3.05) is 4.90 Å². The maximum absolute atomic E-state index is 2.49. The Kier molecular flexibility index (Phi) is 8.12. The van der Waals surface area contributed by atoms with Crippen LogP contribution in [0.25, 0.3) is 54.9 Å². The van der Waals surface area contributed by atoms with Gasteiger partial charge in [0.15, 0.2) is 0 Å². The summed E-state index contributed by atoms with van der Waals surface area (Å²) in [5, 5.41) is 4.93. The molecule has 0 heterocycles. The number of hydrogen-bond acceptors (Lipinski definition) is 1. The molecule has 10 aromatic carbocycles. The van der Waals surface area contributed by atoms with Gasteiger partial charge < -0.3 is 4.90 Å². The largest absolute Gasteiger partial charge is 0.309 e. The van der Waals surface area contributed by atoms with Gasteiger partial charge in [-0.3, -0.25) is 0 Å². The first kappa shape index (κ1) is 33.8. The molecule has 272 valence electrons. The first-order valence-corrected chi connectivity index (χ1v) is 20.1. The molecule has 0 N–H and O–H groups in total. The highest BCUT2D eigenvalue weighted by Gasteiger charge is 2.48. The number of rotatable bonds is 7. The molecular weight excluding hydrogens is 699 g/mol. The lowest BCUT2D eigenvalue weighted by molar-refractivity contribution is 0.769. The van der Waals surface area contributed by atoms with Crippen molar-refractivity contribution in [1.82, 2.24) is 0 Å². The van der Waals surface area contributed by atoms with Crippen molar-refractivity contribution in [1.29, 1.82) is 0 Å². The monoisotopic (exact) mass is 737 g/mol. The van der Waals surface area contributed by atoms with E-state index in [1.165, 1.54) is 82.9 Å². The van der Waals surface area contributed by atoms with Crippen molar-refractivity contribution in [3.05, 3.63) is 259 Å². The second kappa shape index (κ2) is 13.9. The first-order chi connectivity index (χ1) is 28.8. The summed E-state index contributed by atoms with van der Waals surface area (Å²) >= 11 is 0. The van der Waals surface area contributed by atoms with E-state index in [2.05, 4.69) is 241 Å². The Labute approximate surface area is 339 Å². The molecule has 10 aromatic rings. The Morgan fingerprint density at radius 1 is 0.310 bits per heavy atom. The molecule has 0 aromatic heterocycles. The summed E-state index contributed by atoms with van der Waals surface area (Å²) in [6.45, 7) is 0. The lowest BCUT2D eigenvalue weighted by Crippen LogP contribution is -2.28. The predicted octanol–water partition coefficient (Wildman–Crippen LogP) is 15.2. The normalized spacial score (nSPS) is 12.6. The zero-order valence-corrected chi connectivity index (χ0v) is 32.0. The molecule has 0 fully saturated rings. The summed E-state index contributed by atoms with van der Waals surface area (Å²) in [6, 6.07) is 86.8. The molecule has 58 heavy (non-hydrogen) atoms. The number of benzene rings is 10. The van der Waals surface area contributed by atoms with E-state index in [1.54, 1.807) is 0 Å². The minimum absolute atomic E-state index is 0.523. The predicted molar refractivity (Wildman–Crippen MR) is 244 cm³/mol. The highest BCUT2D eigenvalue weighted by Crippen LogP contribution is 2.61. The van der Waals surface area contributed by atoms with Gasteiger partial charge in [0.1, 0.15) is 0 Å². The second-order valence-corrected chi connectivity index (χ2v) is 15.2. The molecule has 1 aliphatic carbocycles. The topological polar surface area (TPSA) is 3.24 Å². The van der Waals surface area contributed by atoms with E-state index in [-0.39, 0.29) is 0 Å². The standard InChI is InChI=1S/C57H39N/c1-4-22-43(23-5-1)57(44-24-6-2-7-25-44)53-34-17-16-32-52(53)55-54(57)39-42-20-11-13-30-49(42)56(55)58(45-26-8-3-9-27-45)46-37-35-41(36-38-46)48-29-14-15-31-50(48)51-33-18-21-40-19-10-12-28-47(40)51/h1-39H. The highest BCUT2D eigenvalue weighted by molar-refractivity contribution is 6.11. The molecule has 1 aliphatic rings. The van der Waals surface area contributed by atoms with E-state index in [0.717, 1.165) is 11.4 Å². The van der Waals surface area contributed by atoms with Gasteiger partial charge in [-0.2, -0.15) is 0 Å². The van der Waals surface area contributed by atoms with Crippen LogP contribution in [0.4, 0.5) is 17.1 Å². The van der Waals surface area contributed by atoms with E-state index in [1.807, 2.05) is 0 Å². The van der Waals surface area contributed by atoms with Crippen molar-refractivity contribution >= 4 is 38.6 Å². The van der Waals surface area contributed by atoms with Crippen LogP contribution in [0.1, 0.15) is 22.3 Å². The summed E-state index contributed by atoms with van der Waals surface area (Å²) in [7, 11) is 0. The highest BCUT2D eigenvalue weighted by atomic mass is 15.1. The molecule has 0 bridgehead atoms. The molecule has 11 rings (SSSR count). The van der Waals surface area contributed by atoms with E-state index in [4.69, 9.17) is 0 Å². The molecule has 0 amide bonds. The molecule has 0 aliphatic heterocycles. The molecule has 0 saturated heterocycles. The quantitative estimate of drug-likeness (QED) is 0.157. The van der Waals surface area contributed by atoms with E-state index >= 15 is 0 Å². The van der Waals surface area contributed by atoms with Gasteiger partial charge in [-0.25, -0.2) is 0 Å². The maximum atomic E-state index is 2.49. The average Bonchev–Trinajstić information content (AvgIpc) is 3.60. The van der Waals surface area contributed by atoms with Crippen LogP contribution >= 0.6 is 0 Å². The first-order valence-electron chi connectivity index (χ1n) is 20.1. The van der Waals surface area contributed by atoms with Crippen LogP contribution in [0.15, 0.2) is 237 Å². The van der Waals surface area contributed by atoms with Gasteiger partial charge in [0.2, 0.25) is 0 Å². The van der Waals surface area contributed by atoms with Crippen molar-refractivity contribution < 1.29 is 0 Å². The third-order valence-corrected chi connectivity index (χ3v) is 12.1. The molecule has 0 saturated carbocycles. The molecule has 1 heteroatoms. The van der Waals surface area contributed by atoms with Gasteiger partial charge in [0.05, 0.1) is 11.1 Å². The zero-order chi connectivity index (χ0) is 38.5. The van der Waals surface area contributed by atoms with E-state index in [0.29, 0.717) is 0 Å². The molecular formula is C57H39N. The van der Waals surface area contributed by atoms with Crippen molar-refractivity contribution in [3.8, 4) is 33.4 Å². The van der Waals surface area contributed by atoms with Crippen LogP contribution in [-0.4, -0.2) is 0 Å². The molecule has 0 radical (unpaired) electrons. The maximum Gasteiger partial charge on any atom is 0.0714 e. The van der Waals surface area contributed by atoms with Crippen molar-refractivity contribution in [2.45, 2.75) is 5.41 Å². The van der Waals surface area contributed by atoms with Crippen LogP contribution in [-0.2, 0) is 5.41 Å². The third kappa shape index (κ3) is 5.25. The van der Waals surface area contributed by atoms with Gasteiger partial charge in [-0.05, 0) is 96.6 Å². The Morgan fingerprint density at radius 2 is 0.810 bits per heavy atom. The molecule has 1 nitrogen and oxygen atoms in total. The van der Waals surface area contributed by atoms with Crippen molar-refractivity contribution in [2.24, 2.45) is 0 Å². The Balaban J connectivity index is 1.17. The minimum Gasteiger partial charge on any atom is -0.309 e. The van der Waals surface area contributed by atoms with Crippen LogP contribution in [0, 0.1) is 0 Å². The van der Waals surface area contributed by atoms with E-state index in [9.17, 15) is 0 Å². The minimum atomic E-state index is -0.523. The Hall–Kier alpha value is -7.48. The fourth-order valence-electron chi connectivity index (χ4n) is 9.67. The summed E-state index contributed by atoms with van der Waals surface area (Å²) in [6.07, 6.45) is 0. The van der Waals surface area contributed by atoms with Gasteiger partial charge in [0.25, 0.3) is 0 Å². The smallest absolute Gasteiger partial charge is 0.0714 e. The van der Waals surface area contributed by atoms with Crippen LogP contribution in [0.3, 0.4) is 0 Å². The molecule has 0 spiro atoms. The number of hydrogen-bond donors (Lipinski definition) is 0. The van der Waals surface area contributed by atoms with E-state index < -0.39 is 5.41 Å². The van der Waals surface area contributed by atoms with Crippen LogP contribution in [0.2, 0.25) is 0 Å². The lowest BCUT2D eigenvalue weighted by atomic mass is 9.67. The Bertz CT molecular complexity index is 3050. The summed E-state index contributed by atoms with van der Waals surface area (Å²) in [4.78, 5) is 2.49. The van der Waals surface area contributed by atoms with Gasteiger partial charge >= 0.3 is 0 Å². The van der Waals surface area contributed by atoms with Gasteiger partial charge in [-0.15, -0.1) is 0 Å². The molecule has 0 unspecified atom stereocenters. The zero-order valence-electron chi connectivity index (χ0n) is 32.0. The third-order valence-electron chi connectivity index (χ3n) is 12.1. The van der Waals surface area contributed by atoms with Crippen LogP contribution in [0.5, 0.6) is 0 Å².